The number of hydrogen-bond acceptors (Lipinski definition) is 1. The van der Waals surface area contributed by atoms with Crippen LogP contribution in [0.5, 0.6) is 0 Å². The van der Waals surface area contributed by atoms with Crippen LogP contribution < -0.4 is 4.90 Å². The average Bonchev–Trinajstić information content (AvgIpc) is 3.94. The van der Waals surface area contributed by atoms with E-state index in [0.717, 1.165) is 30.6 Å². The summed E-state index contributed by atoms with van der Waals surface area (Å²) in [5.74, 6) is 0. The van der Waals surface area contributed by atoms with E-state index in [1.165, 1.54) is 111 Å². The fraction of sp³-hybridized carbons (Fsp3) is 0.123. The maximum absolute atomic E-state index is 2.55. The van der Waals surface area contributed by atoms with Gasteiger partial charge in [0.15, 0.2) is 0 Å². The van der Waals surface area contributed by atoms with E-state index < -0.39 is 5.41 Å². The van der Waals surface area contributed by atoms with E-state index in [4.69, 9.17) is 0 Å². The highest BCUT2D eigenvalue weighted by molar-refractivity contribution is 6.04. The summed E-state index contributed by atoms with van der Waals surface area (Å²) in [6.07, 6.45) is 14.7. The van der Waals surface area contributed by atoms with E-state index in [2.05, 4.69) is 281 Å². The Morgan fingerprint density at radius 2 is 0.986 bits per heavy atom. The van der Waals surface area contributed by atoms with E-state index >= 15 is 0 Å². The highest BCUT2D eigenvalue weighted by Gasteiger charge is 2.53. The molecule has 0 saturated heterocycles. The van der Waals surface area contributed by atoms with Crippen LogP contribution in [0, 0.1) is 0 Å². The fourth-order valence-electron chi connectivity index (χ4n) is 13.9. The van der Waals surface area contributed by atoms with Crippen molar-refractivity contribution in [2.24, 2.45) is 0 Å². The van der Waals surface area contributed by atoms with Crippen molar-refractivity contribution in [3.63, 3.8) is 0 Å². The molecule has 1 spiro atoms. The second kappa shape index (κ2) is 17.0. The molecular formula is C73H57N. The minimum Gasteiger partial charge on any atom is -0.309 e. The first-order chi connectivity index (χ1) is 36.4. The van der Waals surface area contributed by atoms with Crippen molar-refractivity contribution in [1.82, 2.24) is 0 Å². The molecule has 1 unspecified atom stereocenters. The Hall–Kier alpha value is -8.52. The fourth-order valence-corrected chi connectivity index (χ4v) is 13.9. The van der Waals surface area contributed by atoms with Gasteiger partial charge in [0.1, 0.15) is 0 Å². The maximum atomic E-state index is 2.55. The van der Waals surface area contributed by atoms with Gasteiger partial charge in [0, 0.05) is 27.5 Å². The van der Waals surface area contributed by atoms with Gasteiger partial charge in [-0.3, -0.25) is 0 Å². The van der Waals surface area contributed by atoms with Crippen molar-refractivity contribution < 1.29 is 0 Å². The Morgan fingerprint density at radius 3 is 1.73 bits per heavy atom. The molecular weight excluding hydrogens is 891 g/mol. The molecule has 1 atom stereocenters. The SMILES string of the molecule is CC1(c2ccccc2-c2ccccc2)CC=CC=C1c1ccccc1N(c1ccc(-c2ccc3c(c2)C2(c4ccccc4-3)c3ccccc3C(C)(C)c3ccccc32)cc1)c1cc2c(c3ccccc13)CCC=C2. The van der Waals surface area contributed by atoms with Gasteiger partial charge in [-0.05, 0) is 144 Å². The monoisotopic (exact) mass is 947 g/mol. The summed E-state index contributed by atoms with van der Waals surface area (Å²) in [5, 5.41) is 2.59. The standard InChI is InChI=1S/C73H57N/c1-71(2)64-35-16-18-37-66(64)73(67-38-19-17-36-65(67)71)63-34-15-12-29-57(63)58-45-42-51(47-68(58)73)49-40-43-53(44-41-49)74(70-48-52-25-7-8-26-54(52)56-28-9-10-30-59(56)70)69-39-20-13-31-60(69)62-33-21-22-46-72(62,3)61-32-14-11-27-55(61)50-23-5-4-6-24-50/h4-7,9-25,27-45,47-48H,8,26,46H2,1-3H3. The van der Waals surface area contributed by atoms with Crippen LogP contribution in [0.25, 0.3) is 55.8 Å². The van der Waals surface area contributed by atoms with Crippen LogP contribution in [0.1, 0.15) is 89.2 Å². The van der Waals surface area contributed by atoms with Crippen molar-refractivity contribution in [3.8, 4) is 33.4 Å². The van der Waals surface area contributed by atoms with E-state index in [1.807, 2.05) is 0 Å². The number of aryl methyl sites for hydroxylation is 1. The Labute approximate surface area is 436 Å². The van der Waals surface area contributed by atoms with Gasteiger partial charge in [0.25, 0.3) is 0 Å². The van der Waals surface area contributed by atoms with Crippen molar-refractivity contribution in [2.75, 3.05) is 4.90 Å². The maximum Gasteiger partial charge on any atom is 0.0719 e. The third-order valence-corrected chi connectivity index (χ3v) is 17.3. The van der Waals surface area contributed by atoms with Gasteiger partial charge in [0.2, 0.25) is 0 Å². The Kier molecular flexibility index (Phi) is 10.2. The Morgan fingerprint density at radius 1 is 0.405 bits per heavy atom. The molecule has 74 heavy (non-hydrogen) atoms. The Balaban J connectivity index is 0.950. The van der Waals surface area contributed by atoms with E-state index in [-0.39, 0.29) is 10.8 Å². The van der Waals surface area contributed by atoms with Crippen LogP contribution in [-0.2, 0) is 22.7 Å². The van der Waals surface area contributed by atoms with E-state index in [9.17, 15) is 0 Å². The number of allylic oxidation sites excluding steroid dienone is 5. The zero-order chi connectivity index (χ0) is 49.6. The average molecular weight is 948 g/mol. The molecule has 0 aromatic heterocycles. The van der Waals surface area contributed by atoms with E-state index in [0.29, 0.717) is 0 Å². The van der Waals surface area contributed by atoms with Gasteiger partial charge in [-0.1, -0.05) is 245 Å². The molecule has 0 saturated carbocycles. The molecule has 0 fully saturated rings. The third-order valence-electron chi connectivity index (χ3n) is 17.3. The van der Waals surface area contributed by atoms with Crippen molar-refractivity contribution in [2.45, 2.75) is 56.3 Å². The first-order valence-electron chi connectivity index (χ1n) is 26.5. The number of benzene rings is 10. The minimum absolute atomic E-state index is 0.150. The molecule has 4 aliphatic carbocycles. The lowest BCUT2D eigenvalue weighted by molar-refractivity contribution is 0.563. The zero-order valence-electron chi connectivity index (χ0n) is 42.3. The smallest absolute Gasteiger partial charge is 0.0719 e. The highest BCUT2D eigenvalue weighted by Crippen LogP contribution is 2.62. The summed E-state index contributed by atoms with van der Waals surface area (Å²) >= 11 is 0. The quantitative estimate of drug-likeness (QED) is 0.154. The number of fused-ring (bicyclic) bond motifs is 12. The van der Waals surface area contributed by atoms with Crippen molar-refractivity contribution >= 4 is 39.5 Å². The van der Waals surface area contributed by atoms with Gasteiger partial charge < -0.3 is 4.90 Å². The van der Waals surface area contributed by atoms with Crippen molar-refractivity contribution in [3.05, 3.63) is 304 Å². The number of anilines is 3. The van der Waals surface area contributed by atoms with Crippen molar-refractivity contribution in [1.29, 1.82) is 0 Å². The number of rotatable bonds is 7. The number of hydrogen-bond donors (Lipinski definition) is 0. The molecule has 14 rings (SSSR count). The molecule has 0 amide bonds. The van der Waals surface area contributed by atoms with E-state index in [1.54, 1.807) is 0 Å². The molecule has 1 heteroatoms. The van der Waals surface area contributed by atoms with Gasteiger partial charge in [0.05, 0.1) is 16.8 Å². The number of para-hydroxylation sites is 1. The Bertz CT molecular complexity index is 3920. The summed E-state index contributed by atoms with van der Waals surface area (Å²) in [6, 6.07) is 84.9. The summed E-state index contributed by atoms with van der Waals surface area (Å²) in [5.41, 5.74) is 25.0. The van der Waals surface area contributed by atoms with Gasteiger partial charge in [-0.25, -0.2) is 0 Å². The summed E-state index contributed by atoms with van der Waals surface area (Å²) < 4.78 is 0. The molecule has 10 aromatic rings. The van der Waals surface area contributed by atoms with Crippen LogP contribution in [0.4, 0.5) is 17.1 Å². The molecule has 4 aliphatic rings. The molecule has 0 radical (unpaired) electrons. The van der Waals surface area contributed by atoms with Gasteiger partial charge in [-0.2, -0.15) is 0 Å². The molecule has 0 aliphatic heterocycles. The minimum atomic E-state index is -0.452. The van der Waals surface area contributed by atoms with Crippen LogP contribution in [-0.4, -0.2) is 0 Å². The largest absolute Gasteiger partial charge is 0.309 e. The molecule has 0 bridgehead atoms. The second-order valence-corrected chi connectivity index (χ2v) is 21.6. The summed E-state index contributed by atoms with van der Waals surface area (Å²) in [4.78, 5) is 2.55. The molecule has 10 aromatic carbocycles. The summed E-state index contributed by atoms with van der Waals surface area (Å²) in [7, 11) is 0. The van der Waals surface area contributed by atoms with Crippen LogP contribution in [0.2, 0.25) is 0 Å². The van der Waals surface area contributed by atoms with Gasteiger partial charge in [-0.15, -0.1) is 0 Å². The first-order valence-corrected chi connectivity index (χ1v) is 26.5. The van der Waals surface area contributed by atoms with Gasteiger partial charge >= 0.3 is 0 Å². The lowest BCUT2D eigenvalue weighted by Crippen LogP contribution is -2.40. The molecule has 0 N–H and O–H groups in total. The second-order valence-electron chi connectivity index (χ2n) is 21.6. The zero-order valence-corrected chi connectivity index (χ0v) is 42.3. The van der Waals surface area contributed by atoms with Crippen LogP contribution in [0.3, 0.4) is 0 Å². The topological polar surface area (TPSA) is 3.24 Å². The predicted molar refractivity (Wildman–Crippen MR) is 312 cm³/mol. The highest BCUT2D eigenvalue weighted by atomic mass is 15.1. The normalized spacial score (nSPS) is 17.2. The summed E-state index contributed by atoms with van der Waals surface area (Å²) in [6.45, 7) is 7.24. The van der Waals surface area contributed by atoms with Crippen LogP contribution in [0.15, 0.2) is 249 Å². The third kappa shape index (κ3) is 6.49. The number of nitrogens with zero attached hydrogens (tertiary/aromatic N) is 1. The molecule has 0 heterocycles. The van der Waals surface area contributed by atoms with Crippen LogP contribution >= 0.6 is 0 Å². The molecule has 354 valence electrons. The molecule has 1 nitrogen and oxygen atoms in total. The lowest BCUT2D eigenvalue weighted by atomic mass is 9.55. The first kappa shape index (κ1) is 44.2. The predicted octanol–water partition coefficient (Wildman–Crippen LogP) is 18.9. The lowest BCUT2D eigenvalue weighted by Gasteiger charge is -2.46.